The first-order valence-corrected chi connectivity index (χ1v) is 14.0. The highest BCUT2D eigenvalue weighted by Gasteiger charge is 2.25. The second kappa shape index (κ2) is 11.3. The summed E-state index contributed by atoms with van der Waals surface area (Å²) >= 11 is 1.52. The molecule has 1 aliphatic heterocycles. The van der Waals surface area contributed by atoms with Gasteiger partial charge in [-0.15, -0.1) is 11.3 Å². The minimum atomic E-state index is -3.46. The lowest BCUT2D eigenvalue weighted by atomic mass is 10.2. The molecule has 1 fully saturated rings. The largest absolute Gasteiger partial charge is 0.494 e. The van der Waals surface area contributed by atoms with Crippen LogP contribution in [0.4, 0.5) is 5.69 Å². The SMILES string of the molecule is CCOc1ccc(N=c2scc(-c3ccc(S(=O)(=O)N4CCCCC4)cc3)n2CCCO)cc1. The Morgan fingerprint density at radius 2 is 1.74 bits per heavy atom. The van der Waals surface area contributed by atoms with Crippen LogP contribution in [0.2, 0.25) is 0 Å². The number of thiazole rings is 1. The Labute approximate surface area is 205 Å². The average molecular weight is 502 g/mol. The van der Waals surface area contributed by atoms with Gasteiger partial charge in [-0.3, -0.25) is 0 Å². The quantitative estimate of drug-likeness (QED) is 0.471. The number of aliphatic hydroxyl groups excluding tert-OH is 1. The minimum absolute atomic E-state index is 0.0811. The third-order valence-corrected chi connectivity index (χ3v) is 8.59. The van der Waals surface area contributed by atoms with Gasteiger partial charge in [-0.05, 0) is 68.1 Å². The van der Waals surface area contributed by atoms with Crippen molar-refractivity contribution in [2.75, 3.05) is 26.3 Å². The Morgan fingerprint density at radius 1 is 1.03 bits per heavy atom. The Morgan fingerprint density at radius 3 is 2.38 bits per heavy atom. The van der Waals surface area contributed by atoms with Crippen LogP contribution in [0.15, 0.2) is 63.8 Å². The van der Waals surface area contributed by atoms with Crippen molar-refractivity contribution in [2.45, 2.75) is 44.0 Å². The number of piperidine rings is 1. The maximum atomic E-state index is 13.0. The highest BCUT2D eigenvalue weighted by Crippen LogP contribution is 2.26. The molecule has 4 rings (SSSR count). The van der Waals surface area contributed by atoms with Crippen LogP contribution in [0.25, 0.3) is 11.3 Å². The first-order valence-electron chi connectivity index (χ1n) is 11.7. The third kappa shape index (κ3) is 5.60. The zero-order valence-electron chi connectivity index (χ0n) is 19.4. The van der Waals surface area contributed by atoms with Crippen molar-refractivity contribution >= 4 is 27.0 Å². The Hall–Kier alpha value is -2.46. The summed E-state index contributed by atoms with van der Waals surface area (Å²) < 4.78 is 35.1. The first-order chi connectivity index (χ1) is 16.5. The maximum absolute atomic E-state index is 13.0. The zero-order chi connectivity index (χ0) is 24.0. The number of rotatable bonds is 9. The topological polar surface area (TPSA) is 84.1 Å². The molecule has 0 saturated carbocycles. The van der Waals surface area contributed by atoms with Crippen molar-refractivity contribution in [3.05, 3.63) is 58.7 Å². The summed E-state index contributed by atoms with van der Waals surface area (Å²) in [6.07, 6.45) is 3.51. The van der Waals surface area contributed by atoms with E-state index in [1.54, 1.807) is 16.4 Å². The molecule has 9 heteroatoms. The highest BCUT2D eigenvalue weighted by molar-refractivity contribution is 7.89. The second-order valence-corrected chi connectivity index (χ2v) is 10.9. The Balaban J connectivity index is 1.64. The standard InChI is InChI=1S/C25H31N3O4S2/c1-2-32-22-11-9-21(10-12-22)26-25-28(17-6-18-29)24(19-33-25)20-7-13-23(14-8-20)34(30,31)27-15-4-3-5-16-27/h7-14,19,29H,2-6,15-18H2,1H3. The van der Waals surface area contributed by atoms with Crippen molar-refractivity contribution in [1.82, 2.24) is 8.87 Å². The number of ether oxygens (including phenoxy) is 1. The van der Waals surface area contributed by atoms with Gasteiger partial charge in [-0.2, -0.15) is 4.31 Å². The molecule has 0 bridgehead atoms. The molecule has 1 aromatic heterocycles. The first kappa shape index (κ1) is 24.7. The molecule has 0 spiro atoms. The van der Waals surface area contributed by atoms with Gasteiger partial charge in [0.15, 0.2) is 4.80 Å². The minimum Gasteiger partial charge on any atom is -0.494 e. The predicted octanol–water partition coefficient (Wildman–Crippen LogP) is 4.40. The Bertz CT molecular complexity index is 1240. The molecular formula is C25H31N3O4S2. The van der Waals surface area contributed by atoms with Crippen LogP contribution in [0.5, 0.6) is 5.75 Å². The third-order valence-electron chi connectivity index (χ3n) is 5.81. The highest BCUT2D eigenvalue weighted by atomic mass is 32.2. The molecule has 2 aromatic carbocycles. The molecule has 0 atom stereocenters. The fourth-order valence-electron chi connectivity index (χ4n) is 4.04. The number of aliphatic hydroxyl groups is 1. The molecule has 0 unspecified atom stereocenters. The molecule has 0 amide bonds. The van der Waals surface area contributed by atoms with Gasteiger partial charge in [-0.1, -0.05) is 18.6 Å². The van der Waals surface area contributed by atoms with E-state index in [0.717, 1.165) is 46.8 Å². The van der Waals surface area contributed by atoms with Crippen LogP contribution in [0.3, 0.4) is 0 Å². The van der Waals surface area contributed by atoms with Gasteiger partial charge in [0, 0.05) is 31.6 Å². The van der Waals surface area contributed by atoms with Crippen molar-refractivity contribution in [3.8, 4) is 17.0 Å². The monoisotopic (exact) mass is 501 g/mol. The number of nitrogens with zero attached hydrogens (tertiary/aromatic N) is 3. The van der Waals surface area contributed by atoms with E-state index in [2.05, 4.69) is 4.57 Å². The van der Waals surface area contributed by atoms with Crippen LogP contribution in [-0.2, 0) is 16.6 Å². The van der Waals surface area contributed by atoms with Crippen molar-refractivity contribution in [2.24, 2.45) is 4.99 Å². The van der Waals surface area contributed by atoms with E-state index < -0.39 is 10.0 Å². The molecule has 0 radical (unpaired) electrons. The lowest BCUT2D eigenvalue weighted by Gasteiger charge is -2.25. The van der Waals surface area contributed by atoms with Gasteiger partial charge in [0.05, 0.1) is 22.9 Å². The van der Waals surface area contributed by atoms with E-state index in [1.807, 2.05) is 48.7 Å². The molecule has 2 heterocycles. The van der Waals surface area contributed by atoms with E-state index in [9.17, 15) is 13.5 Å². The summed E-state index contributed by atoms with van der Waals surface area (Å²) in [6.45, 7) is 4.43. The van der Waals surface area contributed by atoms with E-state index in [4.69, 9.17) is 9.73 Å². The number of aromatic nitrogens is 1. The molecule has 1 saturated heterocycles. The predicted molar refractivity (Wildman–Crippen MR) is 135 cm³/mol. The zero-order valence-corrected chi connectivity index (χ0v) is 21.0. The van der Waals surface area contributed by atoms with Crippen molar-refractivity contribution < 1.29 is 18.3 Å². The van der Waals surface area contributed by atoms with Crippen LogP contribution in [0.1, 0.15) is 32.6 Å². The van der Waals surface area contributed by atoms with Crippen LogP contribution >= 0.6 is 11.3 Å². The fraction of sp³-hybridized carbons (Fsp3) is 0.400. The molecular weight excluding hydrogens is 470 g/mol. The summed E-state index contributed by atoms with van der Waals surface area (Å²) in [4.78, 5) is 5.95. The molecule has 7 nitrogen and oxygen atoms in total. The van der Waals surface area contributed by atoms with E-state index >= 15 is 0 Å². The molecule has 1 N–H and O–H groups in total. The number of hydrogen-bond acceptors (Lipinski definition) is 6. The van der Waals surface area contributed by atoms with Gasteiger partial charge in [0.2, 0.25) is 10.0 Å². The van der Waals surface area contributed by atoms with Gasteiger partial charge >= 0.3 is 0 Å². The summed E-state index contributed by atoms with van der Waals surface area (Å²) in [5.41, 5.74) is 2.68. The van der Waals surface area contributed by atoms with E-state index in [1.165, 1.54) is 11.3 Å². The lowest BCUT2D eigenvalue weighted by molar-refractivity contribution is 0.279. The smallest absolute Gasteiger partial charge is 0.243 e. The number of benzene rings is 2. The van der Waals surface area contributed by atoms with E-state index in [0.29, 0.717) is 37.6 Å². The summed E-state index contributed by atoms with van der Waals surface area (Å²) in [6, 6.07) is 14.7. The number of sulfonamides is 1. The molecule has 182 valence electrons. The number of hydrogen-bond donors (Lipinski definition) is 1. The second-order valence-electron chi connectivity index (χ2n) is 8.16. The van der Waals surface area contributed by atoms with Crippen molar-refractivity contribution in [3.63, 3.8) is 0 Å². The summed E-state index contributed by atoms with van der Waals surface area (Å²) in [5, 5.41) is 11.4. The van der Waals surface area contributed by atoms with Crippen molar-refractivity contribution in [1.29, 1.82) is 0 Å². The average Bonchev–Trinajstić information content (AvgIpc) is 3.26. The van der Waals surface area contributed by atoms with Gasteiger partial charge < -0.3 is 14.4 Å². The molecule has 1 aliphatic rings. The Kier molecular flexibility index (Phi) is 8.20. The van der Waals surface area contributed by atoms with E-state index in [-0.39, 0.29) is 6.61 Å². The lowest BCUT2D eigenvalue weighted by Crippen LogP contribution is -2.35. The molecule has 3 aromatic rings. The maximum Gasteiger partial charge on any atom is 0.243 e. The summed E-state index contributed by atoms with van der Waals surface area (Å²) in [5.74, 6) is 0.807. The van der Waals surface area contributed by atoms with Crippen LogP contribution < -0.4 is 9.54 Å². The molecule has 34 heavy (non-hydrogen) atoms. The fourth-order valence-corrected chi connectivity index (χ4v) is 6.51. The summed E-state index contributed by atoms with van der Waals surface area (Å²) in [7, 11) is -3.46. The normalized spacial score (nSPS) is 15.5. The van der Waals surface area contributed by atoms with Gasteiger partial charge in [0.1, 0.15) is 5.75 Å². The van der Waals surface area contributed by atoms with Gasteiger partial charge in [-0.25, -0.2) is 13.4 Å². The van der Waals surface area contributed by atoms with Crippen LogP contribution in [0, 0.1) is 0 Å². The van der Waals surface area contributed by atoms with Crippen LogP contribution in [-0.4, -0.2) is 48.7 Å². The van der Waals surface area contributed by atoms with Gasteiger partial charge in [0.25, 0.3) is 0 Å². The molecule has 0 aliphatic carbocycles.